The fraction of sp³-hybridized carbons (Fsp3) is 0.148. The lowest BCUT2D eigenvalue weighted by atomic mass is 9.86. The summed E-state index contributed by atoms with van der Waals surface area (Å²) in [5.74, 6) is -1.98. The number of allylic oxidation sites excluding steroid dienone is 2. The second-order valence-corrected chi connectivity index (χ2v) is 10.1. The van der Waals surface area contributed by atoms with Crippen molar-refractivity contribution in [2.24, 2.45) is 0 Å². The van der Waals surface area contributed by atoms with Crippen LogP contribution in [0.1, 0.15) is 23.3 Å². The average Bonchev–Trinajstić information content (AvgIpc) is 3.42. The number of hydrogen-bond donors (Lipinski definition) is 3. The summed E-state index contributed by atoms with van der Waals surface area (Å²) in [4.78, 5) is 26.7. The van der Waals surface area contributed by atoms with Gasteiger partial charge < -0.3 is 16.0 Å². The van der Waals surface area contributed by atoms with Crippen LogP contribution in [0, 0.1) is 11.3 Å². The zero-order valence-electron chi connectivity index (χ0n) is 19.9. The molecule has 2 amide bonds. The van der Waals surface area contributed by atoms with Gasteiger partial charge in [0.1, 0.15) is 0 Å². The van der Waals surface area contributed by atoms with E-state index in [0.717, 1.165) is 22.7 Å². The molecule has 0 unspecified atom stereocenters. The van der Waals surface area contributed by atoms with Crippen LogP contribution < -0.4 is 16.0 Å². The molecular weight excluding hydrogens is 533 g/mol. The van der Waals surface area contributed by atoms with Crippen molar-refractivity contribution in [2.75, 3.05) is 16.4 Å². The van der Waals surface area contributed by atoms with Gasteiger partial charge in [0.15, 0.2) is 0 Å². The summed E-state index contributed by atoms with van der Waals surface area (Å²) in [6.07, 6.45) is -4.62. The first-order valence-electron chi connectivity index (χ1n) is 11.3. The molecule has 1 aromatic heterocycles. The number of alkyl halides is 3. The number of halogens is 3. The SMILES string of the molecule is CC1=C(C(=O)Nc2ccccc2)[C@@H](c2cccs2)C(C#N)=C(SCC(=O)Nc2ccccc2C(F)(F)F)N1. The van der Waals surface area contributed by atoms with Crippen LogP contribution in [-0.2, 0) is 15.8 Å². The van der Waals surface area contributed by atoms with Crippen molar-refractivity contribution in [1.82, 2.24) is 5.32 Å². The summed E-state index contributed by atoms with van der Waals surface area (Å²) in [6.45, 7) is 1.70. The molecule has 0 saturated heterocycles. The lowest BCUT2D eigenvalue weighted by Gasteiger charge is -2.29. The highest BCUT2D eigenvalue weighted by Crippen LogP contribution is 2.42. The molecule has 1 atom stereocenters. The first-order valence-corrected chi connectivity index (χ1v) is 13.2. The van der Waals surface area contributed by atoms with E-state index < -0.39 is 23.6 Å². The summed E-state index contributed by atoms with van der Waals surface area (Å²) < 4.78 is 39.9. The number of dihydropyridines is 1. The molecule has 0 radical (unpaired) electrons. The molecular formula is C27H21F3N4O2S2. The number of anilines is 2. The van der Waals surface area contributed by atoms with Crippen molar-refractivity contribution in [2.45, 2.75) is 19.0 Å². The zero-order chi connectivity index (χ0) is 27.3. The van der Waals surface area contributed by atoms with Crippen LogP contribution >= 0.6 is 23.1 Å². The number of thioether (sulfide) groups is 1. The number of para-hydroxylation sites is 2. The number of nitriles is 1. The molecule has 3 N–H and O–H groups in total. The summed E-state index contributed by atoms with van der Waals surface area (Å²) in [7, 11) is 0. The first-order chi connectivity index (χ1) is 18.2. The van der Waals surface area contributed by atoms with Gasteiger partial charge in [-0.15, -0.1) is 11.3 Å². The zero-order valence-corrected chi connectivity index (χ0v) is 21.6. The summed E-state index contributed by atoms with van der Waals surface area (Å²) in [6, 6.07) is 19.4. The van der Waals surface area contributed by atoms with Gasteiger partial charge in [0.25, 0.3) is 5.91 Å². The third-order valence-electron chi connectivity index (χ3n) is 5.61. The number of rotatable bonds is 7. The standard InChI is InChI=1S/C27H21F3N4O2S2/c1-16-23(25(36)33-17-8-3-2-4-9-17)24(21-12-7-13-37-21)18(14-31)26(32-16)38-15-22(35)34-20-11-6-5-10-19(20)27(28,29)30/h2-13,24,32H,15H2,1H3,(H,33,36)(H,34,35)/t24-/m1/s1. The molecule has 0 fully saturated rings. The smallest absolute Gasteiger partial charge is 0.353 e. The Morgan fingerprint density at radius 1 is 1.05 bits per heavy atom. The van der Waals surface area contributed by atoms with Crippen LogP contribution in [0.25, 0.3) is 0 Å². The number of thiophene rings is 1. The van der Waals surface area contributed by atoms with E-state index in [2.05, 4.69) is 22.0 Å². The van der Waals surface area contributed by atoms with Gasteiger partial charge in [0.05, 0.1) is 39.6 Å². The maximum Gasteiger partial charge on any atom is 0.418 e. The summed E-state index contributed by atoms with van der Waals surface area (Å²) >= 11 is 2.37. The predicted molar refractivity (Wildman–Crippen MR) is 143 cm³/mol. The Morgan fingerprint density at radius 2 is 1.76 bits per heavy atom. The fourth-order valence-electron chi connectivity index (χ4n) is 3.95. The molecule has 1 aliphatic heterocycles. The lowest BCUT2D eigenvalue weighted by Crippen LogP contribution is -2.30. The number of carbonyl (C=O) groups excluding carboxylic acids is 2. The van der Waals surface area contributed by atoms with Crippen LogP contribution in [0.5, 0.6) is 0 Å². The Balaban J connectivity index is 1.57. The average molecular weight is 555 g/mol. The van der Waals surface area contributed by atoms with Crippen molar-refractivity contribution in [3.05, 3.63) is 104 Å². The number of amides is 2. The van der Waals surface area contributed by atoms with Gasteiger partial charge in [-0.25, -0.2) is 0 Å². The molecule has 0 spiro atoms. The van der Waals surface area contributed by atoms with Crippen LogP contribution in [0.3, 0.4) is 0 Å². The van der Waals surface area contributed by atoms with Crippen molar-refractivity contribution in [3.8, 4) is 6.07 Å². The Morgan fingerprint density at radius 3 is 2.42 bits per heavy atom. The minimum atomic E-state index is -4.62. The molecule has 1 aliphatic rings. The van der Waals surface area contributed by atoms with Gasteiger partial charge in [-0.2, -0.15) is 18.4 Å². The highest BCUT2D eigenvalue weighted by Gasteiger charge is 2.36. The maximum absolute atomic E-state index is 13.3. The monoisotopic (exact) mass is 554 g/mol. The first kappa shape index (κ1) is 27.0. The molecule has 6 nitrogen and oxygen atoms in total. The second kappa shape index (κ2) is 11.6. The van der Waals surface area contributed by atoms with Crippen molar-refractivity contribution in [3.63, 3.8) is 0 Å². The Labute approximate surface area is 225 Å². The van der Waals surface area contributed by atoms with Gasteiger partial charge in [0.2, 0.25) is 5.91 Å². The van der Waals surface area contributed by atoms with E-state index in [0.29, 0.717) is 22.0 Å². The fourth-order valence-corrected chi connectivity index (χ4v) is 5.69. The largest absolute Gasteiger partial charge is 0.418 e. The highest BCUT2D eigenvalue weighted by atomic mass is 32.2. The van der Waals surface area contributed by atoms with Gasteiger partial charge >= 0.3 is 6.18 Å². The number of benzene rings is 2. The van der Waals surface area contributed by atoms with Crippen LogP contribution in [0.2, 0.25) is 0 Å². The third-order valence-corrected chi connectivity index (χ3v) is 7.56. The van der Waals surface area contributed by atoms with Gasteiger partial charge in [-0.1, -0.05) is 48.2 Å². The van der Waals surface area contributed by atoms with E-state index in [-0.39, 0.29) is 22.9 Å². The van der Waals surface area contributed by atoms with E-state index in [1.165, 1.54) is 29.5 Å². The van der Waals surface area contributed by atoms with Crippen LogP contribution in [0.15, 0.2) is 94.0 Å². The van der Waals surface area contributed by atoms with E-state index in [9.17, 15) is 28.0 Å². The minimum Gasteiger partial charge on any atom is -0.353 e. The van der Waals surface area contributed by atoms with Crippen molar-refractivity contribution >= 4 is 46.3 Å². The summed E-state index contributed by atoms with van der Waals surface area (Å²) in [5, 5.41) is 20.5. The molecule has 194 valence electrons. The number of carbonyl (C=O) groups is 2. The number of nitrogens with zero attached hydrogens (tertiary/aromatic N) is 1. The van der Waals surface area contributed by atoms with Gasteiger partial charge in [0, 0.05) is 21.8 Å². The molecule has 11 heteroatoms. The molecule has 2 heterocycles. The van der Waals surface area contributed by atoms with Crippen molar-refractivity contribution in [1.29, 1.82) is 5.26 Å². The molecule has 0 bridgehead atoms. The number of nitrogens with one attached hydrogen (secondary N) is 3. The van der Waals surface area contributed by atoms with Gasteiger partial charge in [-0.05, 0) is 42.6 Å². The predicted octanol–water partition coefficient (Wildman–Crippen LogP) is 6.47. The number of hydrogen-bond acceptors (Lipinski definition) is 6. The summed E-state index contributed by atoms with van der Waals surface area (Å²) in [5.41, 5.74) is 0.411. The lowest BCUT2D eigenvalue weighted by molar-refractivity contribution is -0.137. The molecule has 0 aliphatic carbocycles. The normalized spacial score (nSPS) is 15.5. The van der Waals surface area contributed by atoms with Crippen LogP contribution in [0.4, 0.5) is 24.5 Å². The molecule has 4 rings (SSSR count). The molecule has 38 heavy (non-hydrogen) atoms. The topological polar surface area (TPSA) is 94.0 Å². The van der Waals surface area contributed by atoms with E-state index in [4.69, 9.17) is 0 Å². The minimum absolute atomic E-state index is 0.241. The van der Waals surface area contributed by atoms with E-state index in [1.54, 1.807) is 31.2 Å². The van der Waals surface area contributed by atoms with E-state index in [1.807, 2.05) is 23.6 Å². The molecule has 3 aromatic rings. The van der Waals surface area contributed by atoms with Crippen molar-refractivity contribution < 1.29 is 22.8 Å². The molecule has 2 aromatic carbocycles. The Bertz CT molecular complexity index is 1440. The quantitative estimate of drug-likeness (QED) is 0.311. The third kappa shape index (κ3) is 6.10. The Kier molecular flexibility index (Phi) is 8.24. The maximum atomic E-state index is 13.3. The van der Waals surface area contributed by atoms with Crippen LogP contribution in [-0.4, -0.2) is 17.6 Å². The van der Waals surface area contributed by atoms with E-state index >= 15 is 0 Å². The molecule has 0 saturated carbocycles. The Hall–Kier alpha value is -4.01. The highest BCUT2D eigenvalue weighted by molar-refractivity contribution is 8.03. The van der Waals surface area contributed by atoms with Gasteiger partial charge in [-0.3, -0.25) is 9.59 Å². The second-order valence-electron chi connectivity index (χ2n) is 8.17.